The molecule has 2 N–H and O–H groups in total. The summed E-state index contributed by atoms with van der Waals surface area (Å²) in [6, 6.07) is 0.595. The monoisotopic (exact) mass is 228 g/mol. The Morgan fingerprint density at radius 2 is 2.00 bits per heavy atom. The highest BCUT2D eigenvalue weighted by atomic mass is 16.3. The van der Waals surface area contributed by atoms with Crippen molar-refractivity contribution in [2.24, 2.45) is 5.92 Å². The molecule has 0 spiro atoms. The second-order valence-electron chi connectivity index (χ2n) is 5.23. The minimum Gasteiger partial charge on any atom is -0.393 e. The van der Waals surface area contributed by atoms with Crippen molar-refractivity contribution in [3.63, 3.8) is 0 Å². The zero-order chi connectivity index (χ0) is 12.0. The largest absolute Gasteiger partial charge is 0.393 e. The van der Waals surface area contributed by atoms with E-state index in [-0.39, 0.29) is 6.10 Å². The topological polar surface area (TPSA) is 35.5 Å². The number of piperidine rings is 1. The van der Waals surface area contributed by atoms with Gasteiger partial charge in [0.2, 0.25) is 0 Å². The van der Waals surface area contributed by atoms with Crippen molar-refractivity contribution in [2.75, 3.05) is 26.7 Å². The van der Waals surface area contributed by atoms with Crippen LogP contribution in [0.15, 0.2) is 0 Å². The van der Waals surface area contributed by atoms with Gasteiger partial charge in [-0.2, -0.15) is 0 Å². The molecule has 16 heavy (non-hydrogen) atoms. The van der Waals surface area contributed by atoms with E-state index in [9.17, 15) is 5.11 Å². The molecular formula is C13H28N2O. The van der Waals surface area contributed by atoms with E-state index in [1.54, 1.807) is 0 Å². The van der Waals surface area contributed by atoms with E-state index >= 15 is 0 Å². The van der Waals surface area contributed by atoms with Crippen LogP contribution in [0.3, 0.4) is 0 Å². The molecule has 1 heterocycles. The summed E-state index contributed by atoms with van der Waals surface area (Å²) in [5, 5.41) is 13.0. The van der Waals surface area contributed by atoms with Crippen LogP contribution in [-0.2, 0) is 0 Å². The fraction of sp³-hybridized carbons (Fsp3) is 1.00. The van der Waals surface area contributed by atoms with E-state index in [0.717, 1.165) is 25.3 Å². The van der Waals surface area contributed by atoms with Crippen LogP contribution < -0.4 is 5.32 Å². The van der Waals surface area contributed by atoms with Crippen LogP contribution in [0.4, 0.5) is 0 Å². The predicted octanol–water partition coefficient (Wildman–Crippen LogP) is 1.47. The van der Waals surface area contributed by atoms with Gasteiger partial charge in [0.15, 0.2) is 0 Å². The third-order valence-electron chi connectivity index (χ3n) is 3.89. The first-order valence-corrected chi connectivity index (χ1v) is 6.73. The van der Waals surface area contributed by atoms with Gasteiger partial charge in [-0.05, 0) is 65.2 Å². The zero-order valence-corrected chi connectivity index (χ0v) is 11.1. The molecule has 2 atom stereocenters. The fourth-order valence-corrected chi connectivity index (χ4v) is 2.38. The lowest BCUT2D eigenvalue weighted by molar-refractivity contribution is 0.152. The summed E-state index contributed by atoms with van der Waals surface area (Å²) in [5.74, 6) is 0.815. The van der Waals surface area contributed by atoms with Gasteiger partial charge in [0.25, 0.3) is 0 Å². The number of hydrogen-bond donors (Lipinski definition) is 2. The van der Waals surface area contributed by atoms with Crippen molar-refractivity contribution in [3.05, 3.63) is 0 Å². The van der Waals surface area contributed by atoms with Gasteiger partial charge in [0, 0.05) is 6.04 Å². The van der Waals surface area contributed by atoms with Crippen molar-refractivity contribution >= 4 is 0 Å². The van der Waals surface area contributed by atoms with E-state index < -0.39 is 0 Å². The minimum absolute atomic E-state index is 0.128. The maximum absolute atomic E-state index is 9.47. The standard InChI is InChI=1S/C13H28N2O/c1-4-13(16)5-8-14-11(2)12-6-9-15(3)10-7-12/h11-14,16H,4-10H2,1-3H3. The number of aliphatic hydroxyl groups excluding tert-OH is 1. The van der Waals surface area contributed by atoms with E-state index in [2.05, 4.69) is 24.2 Å². The minimum atomic E-state index is -0.128. The van der Waals surface area contributed by atoms with Crippen LogP contribution in [-0.4, -0.2) is 48.8 Å². The molecule has 0 radical (unpaired) electrons. The molecule has 96 valence electrons. The van der Waals surface area contributed by atoms with E-state index in [0.29, 0.717) is 6.04 Å². The molecule has 2 unspecified atom stereocenters. The summed E-state index contributed by atoms with van der Waals surface area (Å²) < 4.78 is 0. The maximum atomic E-state index is 9.47. The second-order valence-corrected chi connectivity index (χ2v) is 5.23. The Balaban J connectivity index is 2.12. The molecule has 0 aromatic carbocycles. The van der Waals surface area contributed by atoms with Crippen molar-refractivity contribution in [1.29, 1.82) is 0 Å². The lowest BCUT2D eigenvalue weighted by Gasteiger charge is -2.33. The number of aliphatic hydroxyl groups is 1. The summed E-state index contributed by atoms with van der Waals surface area (Å²) in [4.78, 5) is 2.41. The third kappa shape index (κ3) is 4.81. The third-order valence-corrected chi connectivity index (χ3v) is 3.89. The SMILES string of the molecule is CCC(O)CCNC(C)C1CCN(C)CC1. The molecule has 0 aromatic rings. The first-order chi connectivity index (χ1) is 7.63. The summed E-state index contributed by atoms with van der Waals surface area (Å²) in [6.07, 6.45) is 4.23. The molecule has 1 saturated heterocycles. The smallest absolute Gasteiger partial charge is 0.0549 e. The maximum Gasteiger partial charge on any atom is 0.0549 e. The van der Waals surface area contributed by atoms with E-state index in [4.69, 9.17) is 0 Å². The molecule has 0 aromatic heterocycles. The number of nitrogens with one attached hydrogen (secondary N) is 1. The Bertz CT molecular complexity index is 179. The van der Waals surface area contributed by atoms with Gasteiger partial charge >= 0.3 is 0 Å². The van der Waals surface area contributed by atoms with Gasteiger partial charge in [-0.15, -0.1) is 0 Å². The lowest BCUT2D eigenvalue weighted by atomic mass is 9.90. The van der Waals surface area contributed by atoms with Crippen LogP contribution in [0, 0.1) is 5.92 Å². The summed E-state index contributed by atoms with van der Waals surface area (Å²) >= 11 is 0. The molecule has 1 aliphatic rings. The molecule has 0 amide bonds. The number of hydrogen-bond acceptors (Lipinski definition) is 3. The van der Waals surface area contributed by atoms with Crippen LogP contribution in [0.25, 0.3) is 0 Å². The number of nitrogens with zero attached hydrogens (tertiary/aromatic N) is 1. The first kappa shape index (κ1) is 13.9. The molecule has 1 fully saturated rings. The highest BCUT2D eigenvalue weighted by Crippen LogP contribution is 2.19. The quantitative estimate of drug-likeness (QED) is 0.722. The van der Waals surface area contributed by atoms with Gasteiger partial charge in [-0.1, -0.05) is 6.92 Å². The van der Waals surface area contributed by atoms with Crippen LogP contribution in [0.5, 0.6) is 0 Å². The van der Waals surface area contributed by atoms with E-state index in [1.807, 2.05) is 6.92 Å². The Labute approximate surface area is 100 Å². The van der Waals surface area contributed by atoms with Crippen LogP contribution in [0.2, 0.25) is 0 Å². The molecule has 1 aliphatic heterocycles. The summed E-state index contributed by atoms with van der Waals surface area (Å²) in [7, 11) is 2.20. The molecule has 0 saturated carbocycles. The first-order valence-electron chi connectivity index (χ1n) is 6.73. The van der Waals surface area contributed by atoms with Crippen molar-refractivity contribution < 1.29 is 5.11 Å². The second kappa shape index (κ2) is 7.25. The Hall–Kier alpha value is -0.120. The van der Waals surface area contributed by atoms with Crippen LogP contribution in [0.1, 0.15) is 39.5 Å². The fourth-order valence-electron chi connectivity index (χ4n) is 2.38. The van der Waals surface area contributed by atoms with Gasteiger partial charge in [-0.25, -0.2) is 0 Å². The van der Waals surface area contributed by atoms with Crippen molar-refractivity contribution in [1.82, 2.24) is 10.2 Å². The normalized spacial score (nSPS) is 23.2. The number of likely N-dealkylation sites (tertiary alicyclic amines) is 1. The summed E-state index contributed by atoms with van der Waals surface area (Å²) in [5.41, 5.74) is 0. The Kier molecular flexibility index (Phi) is 6.32. The van der Waals surface area contributed by atoms with Gasteiger partial charge in [0.1, 0.15) is 0 Å². The average Bonchev–Trinajstić information content (AvgIpc) is 2.29. The summed E-state index contributed by atoms with van der Waals surface area (Å²) in [6.45, 7) is 7.73. The number of rotatable bonds is 6. The van der Waals surface area contributed by atoms with Gasteiger partial charge < -0.3 is 15.3 Å². The Morgan fingerprint density at radius 1 is 1.38 bits per heavy atom. The van der Waals surface area contributed by atoms with Crippen molar-refractivity contribution in [3.8, 4) is 0 Å². The van der Waals surface area contributed by atoms with Gasteiger partial charge in [0.05, 0.1) is 6.10 Å². The lowest BCUT2D eigenvalue weighted by Crippen LogP contribution is -2.41. The zero-order valence-electron chi connectivity index (χ0n) is 11.1. The highest BCUT2D eigenvalue weighted by molar-refractivity contribution is 4.78. The molecule has 3 heteroatoms. The average molecular weight is 228 g/mol. The Morgan fingerprint density at radius 3 is 2.56 bits per heavy atom. The molecule has 1 rings (SSSR count). The van der Waals surface area contributed by atoms with Crippen molar-refractivity contribution in [2.45, 2.75) is 51.7 Å². The molecular weight excluding hydrogens is 200 g/mol. The highest BCUT2D eigenvalue weighted by Gasteiger charge is 2.21. The molecule has 0 bridgehead atoms. The molecule has 0 aliphatic carbocycles. The van der Waals surface area contributed by atoms with Gasteiger partial charge in [-0.3, -0.25) is 0 Å². The molecule has 3 nitrogen and oxygen atoms in total. The van der Waals surface area contributed by atoms with E-state index in [1.165, 1.54) is 25.9 Å². The van der Waals surface area contributed by atoms with Crippen LogP contribution >= 0.6 is 0 Å². The predicted molar refractivity (Wildman–Crippen MR) is 68.6 cm³/mol.